The highest BCUT2D eigenvalue weighted by Crippen LogP contribution is 2.32. The third-order valence-corrected chi connectivity index (χ3v) is 2.95. The predicted molar refractivity (Wildman–Crippen MR) is 77.3 cm³/mol. The number of halogens is 3. The molecule has 1 N–H and O–H groups in total. The van der Waals surface area contributed by atoms with Crippen molar-refractivity contribution in [2.45, 2.75) is 33.0 Å². The van der Waals surface area contributed by atoms with Crippen molar-refractivity contribution in [2.24, 2.45) is 0 Å². The number of carbonyl (C=O) groups excluding carboxylic acids is 1. The number of nitrogens with one attached hydrogen (secondary N) is 1. The Morgan fingerprint density at radius 3 is 2.50 bits per heavy atom. The number of hydrogen-bond donors (Lipinski definition) is 1. The molecule has 0 radical (unpaired) electrons. The molecule has 0 atom stereocenters. The summed E-state index contributed by atoms with van der Waals surface area (Å²) in [5.41, 5.74) is -0.665. The van der Waals surface area contributed by atoms with Crippen molar-refractivity contribution in [1.29, 1.82) is 5.26 Å². The molecule has 0 saturated carbocycles. The van der Waals surface area contributed by atoms with Gasteiger partial charge in [-0.3, -0.25) is 4.79 Å². The van der Waals surface area contributed by atoms with Gasteiger partial charge in [-0.25, -0.2) is 0 Å². The lowest BCUT2D eigenvalue weighted by atomic mass is 10.1. The molecule has 1 aromatic rings. The zero-order valence-corrected chi connectivity index (χ0v) is 12.7. The van der Waals surface area contributed by atoms with Crippen LogP contribution in [0.15, 0.2) is 18.2 Å². The van der Waals surface area contributed by atoms with Crippen LogP contribution in [0.5, 0.6) is 0 Å². The van der Waals surface area contributed by atoms with Crippen LogP contribution >= 0.6 is 0 Å². The lowest BCUT2D eigenvalue weighted by molar-refractivity contribution is -0.137. The van der Waals surface area contributed by atoms with Crippen LogP contribution in [-0.2, 0) is 11.0 Å². The summed E-state index contributed by atoms with van der Waals surface area (Å²) in [6.07, 6.45) is -4.50. The van der Waals surface area contributed by atoms with Crippen molar-refractivity contribution in [3.63, 3.8) is 0 Å². The van der Waals surface area contributed by atoms with Crippen LogP contribution in [-0.4, -0.2) is 25.0 Å². The quantitative estimate of drug-likeness (QED) is 0.909. The number of nitrogens with zero attached hydrogens (tertiary/aromatic N) is 2. The zero-order valence-electron chi connectivity index (χ0n) is 12.7. The van der Waals surface area contributed by atoms with Crippen molar-refractivity contribution in [1.82, 2.24) is 5.32 Å². The van der Waals surface area contributed by atoms with Crippen LogP contribution in [0.4, 0.5) is 18.9 Å². The topological polar surface area (TPSA) is 56.1 Å². The van der Waals surface area contributed by atoms with Gasteiger partial charge in [0.1, 0.15) is 6.07 Å². The summed E-state index contributed by atoms with van der Waals surface area (Å²) < 4.78 is 38.1. The van der Waals surface area contributed by atoms with E-state index in [9.17, 15) is 18.0 Å². The number of amides is 1. The number of benzene rings is 1. The summed E-state index contributed by atoms with van der Waals surface area (Å²) >= 11 is 0. The molecule has 0 bridgehead atoms. The molecule has 0 unspecified atom stereocenters. The zero-order chi connectivity index (χ0) is 16.9. The number of hydrogen-bond acceptors (Lipinski definition) is 3. The van der Waals surface area contributed by atoms with Gasteiger partial charge in [-0.1, -0.05) is 0 Å². The summed E-state index contributed by atoms with van der Waals surface area (Å²) in [4.78, 5) is 13.4. The smallest absolute Gasteiger partial charge is 0.361 e. The molecule has 0 fully saturated rings. The van der Waals surface area contributed by atoms with E-state index in [0.29, 0.717) is 12.2 Å². The number of alkyl halides is 3. The number of anilines is 1. The van der Waals surface area contributed by atoms with E-state index in [1.807, 2.05) is 13.8 Å². The van der Waals surface area contributed by atoms with Crippen LogP contribution in [0.25, 0.3) is 0 Å². The Labute approximate surface area is 127 Å². The van der Waals surface area contributed by atoms with Gasteiger partial charge in [0.2, 0.25) is 5.91 Å². The molecule has 1 aromatic carbocycles. The first-order valence-electron chi connectivity index (χ1n) is 6.84. The summed E-state index contributed by atoms with van der Waals surface area (Å²) in [5.74, 6) is -0.249. The van der Waals surface area contributed by atoms with Crippen LogP contribution < -0.4 is 10.2 Å². The second-order valence-electron chi connectivity index (χ2n) is 5.08. The lowest BCUT2D eigenvalue weighted by Crippen LogP contribution is -2.40. The maximum absolute atomic E-state index is 12.7. The van der Waals surface area contributed by atoms with E-state index in [1.54, 1.807) is 17.9 Å². The van der Waals surface area contributed by atoms with Crippen molar-refractivity contribution in [2.75, 3.05) is 18.0 Å². The monoisotopic (exact) mass is 313 g/mol. The molecule has 7 heteroatoms. The van der Waals surface area contributed by atoms with E-state index in [2.05, 4.69) is 5.32 Å². The van der Waals surface area contributed by atoms with Crippen molar-refractivity contribution in [3.8, 4) is 6.07 Å². The molecule has 1 amide bonds. The van der Waals surface area contributed by atoms with Gasteiger partial charge in [0, 0.05) is 12.6 Å². The van der Waals surface area contributed by atoms with Crippen LogP contribution in [0, 0.1) is 11.3 Å². The van der Waals surface area contributed by atoms with E-state index < -0.39 is 11.7 Å². The summed E-state index contributed by atoms with van der Waals surface area (Å²) in [6, 6.07) is 4.68. The second kappa shape index (κ2) is 7.16. The molecule has 0 aliphatic heterocycles. The predicted octanol–water partition coefficient (Wildman–Crippen LogP) is 2.93. The van der Waals surface area contributed by atoms with Gasteiger partial charge in [0.15, 0.2) is 0 Å². The van der Waals surface area contributed by atoms with Gasteiger partial charge in [-0.2, -0.15) is 18.4 Å². The van der Waals surface area contributed by atoms with Gasteiger partial charge in [-0.05, 0) is 39.0 Å². The average Bonchev–Trinajstić information content (AvgIpc) is 2.42. The van der Waals surface area contributed by atoms with E-state index in [-0.39, 0.29) is 24.1 Å². The molecule has 0 aliphatic carbocycles. The van der Waals surface area contributed by atoms with Gasteiger partial charge in [0.05, 0.1) is 23.4 Å². The minimum Gasteiger partial charge on any atom is -0.361 e. The molecular formula is C15H18F3N3O. The fourth-order valence-electron chi connectivity index (χ4n) is 1.99. The van der Waals surface area contributed by atoms with Gasteiger partial charge >= 0.3 is 6.18 Å². The van der Waals surface area contributed by atoms with Gasteiger partial charge in [-0.15, -0.1) is 0 Å². The number of likely N-dealkylation sites (N-methyl/N-ethyl adjacent to an activating group) is 1. The fourth-order valence-corrected chi connectivity index (χ4v) is 1.99. The number of nitriles is 1. The Bertz CT molecular complexity index is 576. The molecule has 120 valence electrons. The SMILES string of the molecule is CCN(CC(=O)NC(C)C)c1ccc(C(F)(F)F)cc1C#N. The molecule has 22 heavy (non-hydrogen) atoms. The first-order chi connectivity index (χ1) is 10.2. The Balaban J connectivity index is 3.07. The van der Waals surface area contributed by atoms with Crippen LogP contribution in [0.1, 0.15) is 31.9 Å². The molecule has 0 spiro atoms. The number of carbonyl (C=O) groups is 1. The molecule has 0 aromatic heterocycles. The van der Waals surface area contributed by atoms with Crippen molar-refractivity contribution in [3.05, 3.63) is 29.3 Å². The van der Waals surface area contributed by atoms with Gasteiger partial charge < -0.3 is 10.2 Å². The summed E-state index contributed by atoms with van der Waals surface area (Å²) in [7, 11) is 0. The third kappa shape index (κ3) is 4.65. The van der Waals surface area contributed by atoms with Crippen molar-refractivity contribution < 1.29 is 18.0 Å². The number of rotatable bonds is 5. The highest BCUT2D eigenvalue weighted by molar-refractivity contribution is 5.82. The van der Waals surface area contributed by atoms with Crippen molar-refractivity contribution >= 4 is 11.6 Å². The van der Waals surface area contributed by atoms with E-state index >= 15 is 0 Å². The largest absolute Gasteiger partial charge is 0.416 e. The summed E-state index contributed by atoms with van der Waals surface area (Å²) in [5, 5.41) is 11.8. The fraction of sp³-hybridized carbons (Fsp3) is 0.467. The Morgan fingerprint density at radius 2 is 2.05 bits per heavy atom. The maximum atomic E-state index is 12.7. The van der Waals surface area contributed by atoms with Crippen LogP contribution in [0.2, 0.25) is 0 Å². The lowest BCUT2D eigenvalue weighted by Gasteiger charge is -2.24. The third-order valence-electron chi connectivity index (χ3n) is 2.95. The average molecular weight is 313 g/mol. The molecule has 0 saturated heterocycles. The standard InChI is InChI=1S/C15H18F3N3O/c1-4-21(9-14(22)20-10(2)3)13-6-5-12(15(16,17)18)7-11(13)8-19/h5-7,10H,4,9H2,1-3H3,(H,20,22). The van der Waals surface area contributed by atoms with Crippen LogP contribution in [0.3, 0.4) is 0 Å². The highest BCUT2D eigenvalue weighted by Gasteiger charge is 2.31. The van der Waals surface area contributed by atoms with E-state index in [4.69, 9.17) is 5.26 Å². The molecule has 4 nitrogen and oxygen atoms in total. The molecule has 0 aliphatic rings. The summed E-state index contributed by atoms with van der Waals surface area (Å²) in [6.45, 7) is 5.77. The van der Waals surface area contributed by atoms with E-state index in [1.165, 1.54) is 6.07 Å². The minimum atomic E-state index is -4.50. The normalized spacial score (nSPS) is 11.2. The minimum absolute atomic E-state index is 0.0191. The molecular weight excluding hydrogens is 295 g/mol. The maximum Gasteiger partial charge on any atom is 0.416 e. The molecule has 1 rings (SSSR count). The van der Waals surface area contributed by atoms with Gasteiger partial charge in [0.25, 0.3) is 0 Å². The Kier molecular flexibility index (Phi) is 5.80. The first kappa shape index (κ1) is 17.8. The Morgan fingerprint density at radius 1 is 1.41 bits per heavy atom. The second-order valence-corrected chi connectivity index (χ2v) is 5.08. The van der Waals surface area contributed by atoms with E-state index in [0.717, 1.165) is 12.1 Å². The Hall–Kier alpha value is -2.23. The first-order valence-corrected chi connectivity index (χ1v) is 6.84. The highest BCUT2D eigenvalue weighted by atomic mass is 19.4. The molecule has 0 heterocycles.